The van der Waals surface area contributed by atoms with Gasteiger partial charge in [-0.2, -0.15) is 0 Å². The summed E-state index contributed by atoms with van der Waals surface area (Å²) in [4.78, 5) is 0. The summed E-state index contributed by atoms with van der Waals surface area (Å²) < 4.78 is 10.8. The number of nitrogens with one attached hydrogen (secondary N) is 2. The largest absolute Gasteiger partial charge is 0.380 e. The van der Waals surface area contributed by atoms with E-state index in [1.807, 2.05) is 14.1 Å². The molecule has 0 aromatic rings. The maximum atomic E-state index is 5.39. The fourth-order valence-corrected chi connectivity index (χ4v) is 1.22. The third-order valence-corrected chi connectivity index (χ3v) is 2.20. The average Bonchev–Trinajstić information content (AvgIpc) is 2.35. The van der Waals surface area contributed by atoms with Crippen LogP contribution in [0.2, 0.25) is 0 Å². The van der Waals surface area contributed by atoms with Crippen LogP contribution in [0.3, 0.4) is 0 Å². The minimum absolute atomic E-state index is 0.788. The average molecular weight is 246 g/mol. The summed E-state index contributed by atoms with van der Waals surface area (Å²) in [5.41, 5.74) is 0. The van der Waals surface area contributed by atoms with E-state index in [1.54, 1.807) is 0 Å². The van der Waals surface area contributed by atoms with Gasteiger partial charge in [-0.25, -0.2) is 5.32 Å². The molecule has 0 aliphatic rings. The summed E-state index contributed by atoms with van der Waals surface area (Å²) in [6.45, 7) is 6.83. The number of rotatable bonds is 14. The first-order valence-electron chi connectivity index (χ1n) is 6.49. The predicted molar refractivity (Wildman–Crippen MR) is 70.6 cm³/mol. The van der Waals surface area contributed by atoms with E-state index in [2.05, 4.69) is 16.0 Å². The van der Waals surface area contributed by atoms with Gasteiger partial charge in [0.25, 0.3) is 0 Å². The van der Waals surface area contributed by atoms with E-state index in [0.29, 0.717) is 0 Å². The van der Waals surface area contributed by atoms with Crippen LogP contribution in [0.4, 0.5) is 0 Å². The predicted octanol–water partition coefficient (Wildman–Crippen LogP) is -0.157. The topological polar surface area (TPSA) is 56.6 Å². The summed E-state index contributed by atoms with van der Waals surface area (Å²) in [6.07, 6.45) is 2.04. The molecule has 5 heteroatoms. The lowest BCUT2D eigenvalue weighted by molar-refractivity contribution is 0.130. The van der Waals surface area contributed by atoms with Gasteiger partial charge in [0.2, 0.25) is 0 Å². The SMILES string of the molecule is CNCCOCCC[N]CCCOCCNC. The number of nitrogens with zero attached hydrogens (tertiary/aromatic N) is 1. The molecule has 0 aliphatic heterocycles. The lowest BCUT2D eigenvalue weighted by Crippen LogP contribution is -2.17. The Bertz CT molecular complexity index is 123. The second-order valence-corrected chi connectivity index (χ2v) is 3.81. The number of hydrogen-bond donors (Lipinski definition) is 2. The Hall–Kier alpha value is -0.200. The van der Waals surface area contributed by atoms with Gasteiger partial charge in [-0.05, 0) is 26.9 Å². The minimum Gasteiger partial charge on any atom is -0.380 e. The van der Waals surface area contributed by atoms with Crippen LogP contribution >= 0.6 is 0 Å². The lowest BCUT2D eigenvalue weighted by Gasteiger charge is -2.05. The van der Waals surface area contributed by atoms with Crippen LogP contribution in [0.1, 0.15) is 12.8 Å². The smallest absolute Gasteiger partial charge is 0.0590 e. The molecule has 0 aromatic carbocycles. The first-order chi connectivity index (χ1) is 8.41. The molecule has 2 N–H and O–H groups in total. The van der Waals surface area contributed by atoms with Crippen LogP contribution < -0.4 is 16.0 Å². The zero-order chi connectivity index (χ0) is 12.6. The van der Waals surface area contributed by atoms with E-state index < -0.39 is 0 Å². The van der Waals surface area contributed by atoms with Crippen molar-refractivity contribution in [2.75, 3.05) is 66.7 Å². The second-order valence-electron chi connectivity index (χ2n) is 3.81. The molecule has 0 fully saturated rings. The van der Waals surface area contributed by atoms with Crippen LogP contribution in [-0.4, -0.2) is 66.7 Å². The van der Waals surface area contributed by atoms with Gasteiger partial charge in [-0.1, -0.05) is 0 Å². The standard InChI is InChI=1S/C12H28N3O2/c1-13-7-11-16-9-3-5-15-6-4-10-17-12-8-14-2/h13-14H,3-12H2,1-2H3. The van der Waals surface area contributed by atoms with E-state index in [0.717, 1.165) is 65.4 Å². The normalized spacial score (nSPS) is 10.9. The molecule has 0 spiro atoms. The summed E-state index contributed by atoms with van der Waals surface area (Å²) >= 11 is 0. The summed E-state index contributed by atoms with van der Waals surface area (Å²) in [6, 6.07) is 0. The monoisotopic (exact) mass is 246 g/mol. The number of likely N-dealkylation sites (N-methyl/N-ethyl adjacent to an activating group) is 2. The van der Waals surface area contributed by atoms with E-state index >= 15 is 0 Å². The second kappa shape index (κ2) is 15.8. The first-order valence-corrected chi connectivity index (χ1v) is 6.49. The van der Waals surface area contributed by atoms with Crippen molar-refractivity contribution in [3.63, 3.8) is 0 Å². The van der Waals surface area contributed by atoms with Gasteiger partial charge in [0.05, 0.1) is 13.2 Å². The van der Waals surface area contributed by atoms with Crippen LogP contribution in [-0.2, 0) is 9.47 Å². The van der Waals surface area contributed by atoms with Crippen molar-refractivity contribution in [3.05, 3.63) is 0 Å². The van der Waals surface area contributed by atoms with Crippen molar-refractivity contribution < 1.29 is 9.47 Å². The Morgan fingerprint density at radius 1 is 0.765 bits per heavy atom. The fraction of sp³-hybridized carbons (Fsp3) is 1.00. The maximum Gasteiger partial charge on any atom is 0.0590 e. The van der Waals surface area contributed by atoms with Crippen LogP contribution in [0.25, 0.3) is 0 Å². The van der Waals surface area contributed by atoms with E-state index in [4.69, 9.17) is 9.47 Å². The third-order valence-electron chi connectivity index (χ3n) is 2.20. The van der Waals surface area contributed by atoms with Gasteiger partial charge in [0, 0.05) is 39.4 Å². The molecule has 0 heterocycles. The van der Waals surface area contributed by atoms with Crippen molar-refractivity contribution in [1.29, 1.82) is 0 Å². The van der Waals surface area contributed by atoms with Gasteiger partial charge >= 0.3 is 0 Å². The van der Waals surface area contributed by atoms with E-state index in [9.17, 15) is 0 Å². The molecule has 0 amide bonds. The molecule has 0 unspecified atom stereocenters. The molecule has 0 aliphatic carbocycles. The van der Waals surface area contributed by atoms with Gasteiger partial charge in [-0.15, -0.1) is 0 Å². The number of hydrogen-bond acceptors (Lipinski definition) is 4. The summed E-state index contributed by atoms with van der Waals surface area (Å²) in [5, 5.41) is 10.5. The molecule has 1 radical (unpaired) electrons. The molecule has 0 atom stereocenters. The molecular formula is C12H28N3O2. The Morgan fingerprint density at radius 2 is 1.24 bits per heavy atom. The molecule has 0 saturated carbocycles. The quantitative estimate of drug-likeness (QED) is 0.418. The molecule has 17 heavy (non-hydrogen) atoms. The zero-order valence-electron chi connectivity index (χ0n) is 11.3. The van der Waals surface area contributed by atoms with Crippen LogP contribution in [0, 0.1) is 0 Å². The molecule has 103 valence electrons. The van der Waals surface area contributed by atoms with Crippen LogP contribution in [0.5, 0.6) is 0 Å². The molecular weight excluding hydrogens is 218 g/mol. The lowest BCUT2D eigenvalue weighted by atomic mass is 10.4. The molecule has 0 rings (SSSR count). The highest BCUT2D eigenvalue weighted by Gasteiger charge is 1.92. The molecule has 0 saturated heterocycles. The van der Waals surface area contributed by atoms with Gasteiger partial charge in [0.1, 0.15) is 0 Å². The Kier molecular flexibility index (Phi) is 15.6. The van der Waals surface area contributed by atoms with E-state index in [1.165, 1.54) is 0 Å². The Morgan fingerprint density at radius 3 is 1.65 bits per heavy atom. The minimum atomic E-state index is 0.788. The maximum absolute atomic E-state index is 5.39. The molecule has 0 bridgehead atoms. The van der Waals surface area contributed by atoms with Crippen molar-refractivity contribution in [1.82, 2.24) is 16.0 Å². The van der Waals surface area contributed by atoms with Crippen molar-refractivity contribution in [2.45, 2.75) is 12.8 Å². The highest BCUT2D eigenvalue weighted by molar-refractivity contribution is 4.48. The van der Waals surface area contributed by atoms with Gasteiger partial charge in [0.15, 0.2) is 0 Å². The highest BCUT2D eigenvalue weighted by atomic mass is 16.5. The van der Waals surface area contributed by atoms with Crippen molar-refractivity contribution >= 4 is 0 Å². The van der Waals surface area contributed by atoms with Gasteiger partial charge in [-0.3, -0.25) is 0 Å². The third kappa shape index (κ3) is 15.8. The Labute approximate surface area is 106 Å². The molecule has 5 nitrogen and oxygen atoms in total. The zero-order valence-corrected chi connectivity index (χ0v) is 11.3. The van der Waals surface area contributed by atoms with Gasteiger partial charge < -0.3 is 20.1 Å². The fourth-order valence-electron chi connectivity index (χ4n) is 1.22. The van der Waals surface area contributed by atoms with Crippen molar-refractivity contribution in [3.8, 4) is 0 Å². The van der Waals surface area contributed by atoms with E-state index in [-0.39, 0.29) is 0 Å². The molecule has 0 aromatic heterocycles. The summed E-state index contributed by atoms with van der Waals surface area (Å²) in [5.74, 6) is 0. The Balaban J connectivity index is 2.85. The number of ether oxygens (including phenoxy) is 2. The van der Waals surface area contributed by atoms with Crippen molar-refractivity contribution in [2.24, 2.45) is 0 Å². The highest BCUT2D eigenvalue weighted by Crippen LogP contribution is 1.84. The first kappa shape index (κ1) is 16.8. The summed E-state index contributed by atoms with van der Waals surface area (Å²) in [7, 11) is 3.86. The van der Waals surface area contributed by atoms with Crippen LogP contribution in [0.15, 0.2) is 0 Å².